The van der Waals surface area contributed by atoms with Crippen molar-refractivity contribution in [1.82, 2.24) is 20.4 Å². The fourth-order valence-corrected chi connectivity index (χ4v) is 5.19. The van der Waals surface area contributed by atoms with Crippen LogP contribution in [0.25, 0.3) is 11.0 Å². The molecule has 5 rings (SSSR count). The average molecular weight is 521 g/mol. The number of halogens is 1. The van der Waals surface area contributed by atoms with Crippen molar-refractivity contribution in [3.05, 3.63) is 81.5 Å². The lowest BCUT2D eigenvalue weighted by Crippen LogP contribution is -2.44. The molecule has 2 saturated heterocycles. The second kappa shape index (κ2) is 11.9. The molecule has 2 N–H and O–H groups in total. The molecular formula is C29H33FN4O4. The predicted octanol–water partition coefficient (Wildman–Crippen LogP) is 3.15. The molecular weight excluding hydrogens is 487 g/mol. The zero-order chi connectivity index (χ0) is 26.5. The van der Waals surface area contributed by atoms with Gasteiger partial charge < -0.3 is 20.0 Å². The molecule has 200 valence electrons. The first-order chi connectivity index (χ1) is 18.4. The van der Waals surface area contributed by atoms with E-state index in [2.05, 4.69) is 20.4 Å². The van der Waals surface area contributed by atoms with Crippen molar-refractivity contribution in [2.45, 2.75) is 38.3 Å². The SMILES string of the molecule is O=C(NCCN1CCCC1)c1ccc(CN2CCC(NC(=O)c3cc(=O)c4ccc(F)cc4o3)CC2)cc1. The van der Waals surface area contributed by atoms with E-state index < -0.39 is 11.7 Å². The van der Waals surface area contributed by atoms with Crippen LogP contribution < -0.4 is 16.1 Å². The zero-order valence-corrected chi connectivity index (χ0v) is 21.4. The van der Waals surface area contributed by atoms with Crippen LogP contribution in [-0.2, 0) is 6.54 Å². The minimum absolute atomic E-state index is 0.0420. The second-order valence-electron chi connectivity index (χ2n) is 10.1. The number of amides is 2. The minimum Gasteiger partial charge on any atom is -0.451 e. The molecule has 0 atom stereocenters. The Morgan fingerprint density at radius 1 is 0.921 bits per heavy atom. The topological polar surface area (TPSA) is 94.9 Å². The molecule has 8 nitrogen and oxygen atoms in total. The molecule has 0 radical (unpaired) electrons. The quantitative estimate of drug-likeness (QED) is 0.474. The number of hydrogen-bond acceptors (Lipinski definition) is 6. The Labute approximate surface area is 220 Å². The van der Waals surface area contributed by atoms with Crippen LogP contribution in [0.3, 0.4) is 0 Å². The Balaban J connectivity index is 1.07. The van der Waals surface area contributed by atoms with Crippen molar-refractivity contribution in [3.8, 4) is 0 Å². The van der Waals surface area contributed by atoms with Gasteiger partial charge in [-0.1, -0.05) is 12.1 Å². The smallest absolute Gasteiger partial charge is 0.287 e. The van der Waals surface area contributed by atoms with Crippen LogP contribution in [0.1, 0.15) is 52.2 Å². The van der Waals surface area contributed by atoms with Crippen LogP contribution in [0, 0.1) is 5.82 Å². The van der Waals surface area contributed by atoms with Gasteiger partial charge in [0.25, 0.3) is 11.8 Å². The number of carbonyl (C=O) groups excluding carboxylic acids is 2. The molecule has 38 heavy (non-hydrogen) atoms. The van der Waals surface area contributed by atoms with Crippen molar-refractivity contribution in [2.24, 2.45) is 0 Å². The van der Waals surface area contributed by atoms with Crippen LogP contribution in [0.5, 0.6) is 0 Å². The standard InChI is InChI=1S/C29H33FN4O4/c30-22-7-8-24-25(35)18-27(38-26(24)17-22)29(37)32-23-9-14-34(15-10-23)19-20-3-5-21(6-4-20)28(36)31-11-16-33-12-1-2-13-33/h3-8,17-18,23H,1-2,9-16,19H2,(H,31,36)(H,32,37). The van der Waals surface area contributed by atoms with E-state index in [0.717, 1.165) is 69.8 Å². The summed E-state index contributed by atoms with van der Waals surface area (Å²) in [4.78, 5) is 42.1. The van der Waals surface area contributed by atoms with Crippen molar-refractivity contribution >= 4 is 22.8 Å². The summed E-state index contributed by atoms with van der Waals surface area (Å²) >= 11 is 0. The predicted molar refractivity (Wildman–Crippen MR) is 143 cm³/mol. The lowest BCUT2D eigenvalue weighted by Gasteiger charge is -2.32. The largest absolute Gasteiger partial charge is 0.451 e. The maximum atomic E-state index is 13.5. The van der Waals surface area contributed by atoms with Gasteiger partial charge in [0.1, 0.15) is 11.4 Å². The van der Waals surface area contributed by atoms with Gasteiger partial charge in [-0.2, -0.15) is 0 Å². The molecule has 0 spiro atoms. The van der Waals surface area contributed by atoms with Gasteiger partial charge in [-0.25, -0.2) is 4.39 Å². The highest BCUT2D eigenvalue weighted by molar-refractivity contribution is 5.94. The summed E-state index contributed by atoms with van der Waals surface area (Å²) in [5, 5.41) is 6.19. The molecule has 0 unspecified atom stereocenters. The van der Waals surface area contributed by atoms with Gasteiger partial charge in [-0.15, -0.1) is 0 Å². The highest BCUT2D eigenvalue weighted by Gasteiger charge is 2.23. The summed E-state index contributed by atoms with van der Waals surface area (Å²) in [6.45, 7) is 6.18. The second-order valence-corrected chi connectivity index (χ2v) is 10.1. The van der Waals surface area contributed by atoms with Crippen LogP contribution >= 0.6 is 0 Å². The molecule has 0 aliphatic carbocycles. The Morgan fingerprint density at radius 3 is 2.39 bits per heavy atom. The van der Waals surface area contributed by atoms with E-state index in [1.165, 1.54) is 25.0 Å². The number of rotatable bonds is 8. The summed E-state index contributed by atoms with van der Waals surface area (Å²) in [5.41, 5.74) is 1.48. The molecule has 2 aliphatic rings. The van der Waals surface area contributed by atoms with Crippen molar-refractivity contribution in [1.29, 1.82) is 0 Å². The average Bonchev–Trinajstić information content (AvgIpc) is 3.43. The third kappa shape index (κ3) is 6.46. The first-order valence-electron chi connectivity index (χ1n) is 13.3. The fraction of sp³-hybridized carbons (Fsp3) is 0.414. The summed E-state index contributed by atoms with van der Waals surface area (Å²) in [7, 11) is 0. The number of likely N-dealkylation sites (tertiary alicyclic amines) is 2. The third-order valence-electron chi connectivity index (χ3n) is 7.37. The molecule has 1 aromatic heterocycles. The number of nitrogens with zero attached hydrogens (tertiary/aromatic N) is 2. The minimum atomic E-state index is -0.531. The molecule has 2 amide bonds. The van der Waals surface area contributed by atoms with E-state index >= 15 is 0 Å². The van der Waals surface area contributed by atoms with E-state index in [1.807, 2.05) is 24.3 Å². The maximum absolute atomic E-state index is 13.5. The van der Waals surface area contributed by atoms with E-state index in [4.69, 9.17) is 4.42 Å². The van der Waals surface area contributed by atoms with Crippen LogP contribution in [0.4, 0.5) is 4.39 Å². The number of carbonyl (C=O) groups is 2. The lowest BCUT2D eigenvalue weighted by atomic mass is 10.0. The zero-order valence-electron chi connectivity index (χ0n) is 21.4. The van der Waals surface area contributed by atoms with Gasteiger partial charge in [0.2, 0.25) is 0 Å². The van der Waals surface area contributed by atoms with Gasteiger partial charge in [0, 0.05) is 56.5 Å². The molecule has 3 aromatic rings. The number of hydrogen-bond donors (Lipinski definition) is 2. The van der Waals surface area contributed by atoms with Crippen molar-refractivity contribution in [2.75, 3.05) is 39.3 Å². The summed E-state index contributed by atoms with van der Waals surface area (Å²) in [6.07, 6.45) is 4.01. The number of benzene rings is 2. The van der Waals surface area contributed by atoms with E-state index in [9.17, 15) is 18.8 Å². The highest BCUT2D eigenvalue weighted by Crippen LogP contribution is 2.17. The molecule has 3 heterocycles. The van der Waals surface area contributed by atoms with Gasteiger partial charge in [0.05, 0.1) is 5.39 Å². The van der Waals surface area contributed by atoms with E-state index in [-0.39, 0.29) is 34.1 Å². The molecule has 0 saturated carbocycles. The first kappa shape index (κ1) is 26.1. The Kier molecular flexibility index (Phi) is 8.14. The van der Waals surface area contributed by atoms with Gasteiger partial charge in [0.15, 0.2) is 11.2 Å². The Bertz CT molecular complexity index is 1340. The number of fused-ring (bicyclic) bond motifs is 1. The summed E-state index contributed by atoms with van der Waals surface area (Å²) in [5.74, 6) is -1.16. The van der Waals surface area contributed by atoms with E-state index in [0.29, 0.717) is 12.1 Å². The fourth-order valence-electron chi connectivity index (χ4n) is 5.19. The Morgan fingerprint density at radius 2 is 1.66 bits per heavy atom. The molecule has 2 aromatic carbocycles. The van der Waals surface area contributed by atoms with Crippen molar-refractivity contribution < 1.29 is 18.4 Å². The third-order valence-corrected chi connectivity index (χ3v) is 7.37. The van der Waals surface area contributed by atoms with Crippen LogP contribution in [0.2, 0.25) is 0 Å². The molecule has 0 bridgehead atoms. The lowest BCUT2D eigenvalue weighted by molar-refractivity contribution is 0.0880. The maximum Gasteiger partial charge on any atom is 0.287 e. The summed E-state index contributed by atoms with van der Waals surface area (Å²) in [6, 6.07) is 12.5. The van der Waals surface area contributed by atoms with Crippen molar-refractivity contribution in [3.63, 3.8) is 0 Å². The monoisotopic (exact) mass is 520 g/mol. The first-order valence-corrected chi connectivity index (χ1v) is 13.3. The highest BCUT2D eigenvalue weighted by atomic mass is 19.1. The van der Waals surface area contributed by atoms with Gasteiger partial charge in [-0.05, 0) is 68.6 Å². The van der Waals surface area contributed by atoms with Gasteiger partial charge in [-0.3, -0.25) is 19.3 Å². The number of nitrogens with one attached hydrogen (secondary N) is 2. The number of piperidine rings is 1. The normalized spacial score (nSPS) is 17.1. The molecule has 9 heteroatoms. The summed E-state index contributed by atoms with van der Waals surface area (Å²) < 4.78 is 19.0. The van der Waals surface area contributed by atoms with Gasteiger partial charge >= 0.3 is 0 Å². The Hall–Kier alpha value is -3.56. The van der Waals surface area contributed by atoms with E-state index in [1.54, 1.807) is 0 Å². The molecule has 2 aliphatic heterocycles. The van der Waals surface area contributed by atoms with Crippen LogP contribution in [-0.4, -0.2) is 66.9 Å². The molecule has 2 fully saturated rings. The van der Waals surface area contributed by atoms with Crippen LogP contribution in [0.15, 0.2) is 57.7 Å².